The summed E-state index contributed by atoms with van der Waals surface area (Å²) in [7, 11) is 0. The Morgan fingerprint density at radius 1 is 1.44 bits per heavy atom. The van der Waals surface area contributed by atoms with Gasteiger partial charge >= 0.3 is 6.16 Å². The van der Waals surface area contributed by atoms with Crippen molar-refractivity contribution in [1.82, 2.24) is 0 Å². The van der Waals surface area contributed by atoms with Gasteiger partial charge in [0.25, 0.3) is 0 Å². The van der Waals surface area contributed by atoms with Gasteiger partial charge in [-0.3, -0.25) is 0 Å². The van der Waals surface area contributed by atoms with E-state index in [2.05, 4.69) is 14.7 Å². The Morgan fingerprint density at radius 2 is 2.00 bits per heavy atom. The quantitative estimate of drug-likeness (QED) is 0.349. The molecule has 0 aliphatic rings. The minimum absolute atomic E-state index is 0. The third-order valence-electron chi connectivity index (χ3n) is 0.212. The molecular weight excluding hydrogens is 211 g/mol. The monoisotopic (exact) mass is 210 g/mol. The van der Waals surface area contributed by atoms with Crippen LogP contribution in [0, 0.1) is 0 Å². The van der Waals surface area contributed by atoms with Crippen molar-refractivity contribution in [2.24, 2.45) is 0 Å². The van der Waals surface area contributed by atoms with Gasteiger partial charge in [0.15, 0.2) is 0 Å². The summed E-state index contributed by atoms with van der Waals surface area (Å²) in [6.07, 6.45) is -1.65. The summed E-state index contributed by atoms with van der Waals surface area (Å²) in [5, 5.41) is 8.95. The maximum atomic E-state index is 9.51. The fourth-order valence-corrected chi connectivity index (χ4v) is 0.0649. The van der Waals surface area contributed by atoms with Crippen LogP contribution >= 0.6 is 0 Å². The smallest absolute Gasteiger partial charge is 0.494 e. The van der Waals surface area contributed by atoms with Crippen LogP contribution < -0.4 is 0 Å². The Labute approximate surface area is 68.7 Å². The van der Waals surface area contributed by atoms with Gasteiger partial charge in [-0.15, -0.1) is 0 Å². The zero-order chi connectivity index (χ0) is 6.41. The maximum Gasteiger partial charge on any atom is 0.582 e. The molecule has 0 unspecified atom stereocenters. The Hall–Kier alpha value is -0.417. The SMILES string of the molecule is [O]OC(=O)OO[C-]=O.[Zr]. The van der Waals surface area contributed by atoms with E-state index < -0.39 is 6.16 Å². The first-order valence-electron chi connectivity index (χ1n) is 1.35. The van der Waals surface area contributed by atoms with E-state index in [1.54, 1.807) is 0 Å². The predicted molar refractivity (Wildman–Crippen MR) is 15.0 cm³/mol. The predicted octanol–water partition coefficient (Wildman–Crippen LogP) is -0.519. The van der Waals surface area contributed by atoms with E-state index in [4.69, 9.17) is 10.1 Å². The van der Waals surface area contributed by atoms with Crippen molar-refractivity contribution < 1.29 is 55.7 Å². The molecule has 0 aromatic rings. The van der Waals surface area contributed by atoms with Crippen molar-refractivity contribution in [3.8, 4) is 0 Å². The first-order chi connectivity index (χ1) is 3.81. The Morgan fingerprint density at radius 3 is 2.33 bits per heavy atom. The van der Waals surface area contributed by atoms with Crippen molar-refractivity contribution in [3.05, 3.63) is 0 Å². The van der Waals surface area contributed by atoms with Gasteiger partial charge in [-0.25, -0.2) is 9.78 Å². The van der Waals surface area contributed by atoms with E-state index in [-0.39, 0.29) is 26.2 Å². The summed E-state index contributed by atoms with van der Waals surface area (Å²) in [5.74, 6) is 0. The third-order valence-corrected chi connectivity index (χ3v) is 0.212. The largest absolute Gasteiger partial charge is 0.582 e. The fraction of sp³-hybridized carbons (Fsp3) is 0. The van der Waals surface area contributed by atoms with Gasteiger partial charge in [0.2, 0.25) is 0 Å². The molecule has 9 heavy (non-hydrogen) atoms. The molecule has 0 saturated heterocycles. The van der Waals surface area contributed by atoms with Gasteiger partial charge in [-0.2, -0.15) is 4.79 Å². The van der Waals surface area contributed by atoms with E-state index in [0.717, 1.165) is 6.47 Å². The van der Waals surface area contributed by atoms with Crippen molar-refractivity contribution in [1.29, 1.82) is 0 Å². The summed E-state index contributed by atoms with van der Waals surface area (Å²) in [5.41, 5.74) is 0. The molecule has 0 N–H and O–H groups in total. The topological polar surface area (TPSA) is 81.7 Å². The molecule has 0 aromatic heterocycles. The second-order valence-electron chi connectivity index (χ2n) is 0.583. The molecule has 0 rings (SSSR count). The van der Waals surface area contributed by atoms with Crippen LogP contribution in [0.4, 0.5) is 4.79 Å². The molecule has 49 valence electrons. The van der Waals surface area contributed by atoms with Crippen molar-refractivity contribution >= 4 is 12.6 Å². The van der Waals surface area contributed by atoms with Crippen LogP contribution in [0.2, 0.25) is 0 Å². The number of carbonyl (C=O) groups excluding carboxylic acids is 2. The second kappa shape index (κ2) is 7.58. The van der Waals surface area contributed by atoms with Crippen molar-refractivity contribution in [2.45, 2.75) is 0 Å². The average molecular weight is 211 g/mol. The van der Waals surface area contributed by atoms with Gasteiger partial charge in [0.05, 0.1) is 0 Å². The molecule has 1 radical (unpaired) electrons. The summed E-state index contributed by atoms with van der Waals surface area (Å²) in [6, 6.07) is 0. The van der Waals surface area contributed by atoms with Crippen LogP contribution in [0.25, 0.3) is 0 Å². The number of rotatable bonds is 2. The molecule has 0 aliphatic heterocycles. The molecule has 0 aliphatic carbocycles. The van der Waals surface area contributed by atoms with Gasteiger partial charge in [0, 0.05) is 31.5 Å². The maximum absolute atomic E-state index is 9.51. The van der Waals surface area contributed by atoms with Crippen LogP contribution in [0.3, 0.4) is 0 Å². The van der Waals surface area contributed by atoms with Gasteiger partial charge in [-0.1, -0.05) is 0 Å². The Balaban J connectivity index is 0. The molecule has 0 saturated carbocycles. The average Bonchev–Trinajstić information content (AvgIpc) is 1.83. The molecule has 0 bridgehead atoms. The third kappa shape index (κ3) is 7.58. The Kier molecular flexibility index (Phi) is 9.60. The molecule has 0 aromatic carbocycles. The fourth-order valence-electron chi connectivity index (χ4n) is 0.0649. The summed E-state index contributed by atoms with van der Waals surface area (Å²) < 4.78 is 0. The van der Waals surface area contributed by atoms with E-state index in [1.165, 1.54) is 0 Å². The van der Waals surface area contributed by atoms with E-state index in [0.29, 0.717) is 0 Å². The van der Waals surface area contributed by atoms with Crippen LogP contribution in [-0.2, 0) is 50.9 Å². The zero-order valence-electron chi connectivity index (χ0n) is 3.95. The minimum Gasteiger partial charge on any atom is -0.494 e. The standard InChI is InChI=1S/C2O6.Zr/c3-1-6-8-2(4)7-5;/q-1;. The van der Waals surface area contributed by atoms with E-state index >= 15 is 0 Å². The summed E-state index contributed by atoms with van der Waals surface area (Å²) in [6.45, 7) is 0.721. The number of hydrogen-bond donors (Lipinski definition) is 0. The van der Waals surface area contributed by atoms with E-state index in [9.17, 15) is 4.79 Å². The van der Waals surface area contributed by atoms with Crippen LogP contribution in [0.15, 0.2) is 0 Å². The van der Waals surface area contributed by atoms with Gasteiger partial charge in [0.1, 0.15) is 0 Å². The molecule has 0 heterocycles. The Bertz CT molecular complexity index is 91.1. The van der Waals surface area contributed by atoms with Gasteiger partial charge in [-0.05, 0) is 6.47 Å². The molecule has 0 amide bonds. The zero-order valence-corrected chi connectivity index (χ0v) is 6.41. The molecule has 0 fully saturated rings. The number of carbonyl (C=O) groups is 1. The first-order valence-corrected chi connectivity index (χ1v) is 1.35. The van der Waals surface area contributed by atoms with Crippen molar-refractivity contribution in [2.75, 3.05) is 0 Å². The second-order valence-corrected chi connectivity index (χ2v) is 0.583. The van der Waals surface area contributed by atoms with Crippen LogP contribution in [0.1, 0.15) is 0 Å². The van der Waals surface area contributed by atoms with E-state index in [1.807, 2.05) is 0 Å². The van der Waals surface area contributed by atoms with Crippen LogP contribution in [-0.4, -0.2) is 12.6 Å². The molecule has 0 spiro atoms. The molecule has 6 nitrogen and oxygen atoms in total. The normalized spacial score (nSPS) is 6.33. The van der Waals surface area contributed by atoms with Crippen molar-refractivity contribution in [3.63, 3.8) is 0 Å². The minimum atomic E-state index is -1.65. The molecule has 0 atom stereocenters. The summed E-state index contributed by atoms with van der Waals surface area (Å²) in [4.78, 5) is 27.6. The van der Waals surface area contributed by atoms with Crippen LogP contribution in [0.5, 0.6) is 0 Å². The molecular formula is C2O6Zr-. The molecule has 7 heteroatoms. The first kappa shape index (κ1) is 11.4. The van der Waals surface area contributed by atoms with Gasteiger partial charge < -0.3 is 9.68 Å². The number of hydrogen-bond acceptors (Lipinski definition) is 5. The summed E-state index contributed by atoms with van der Waals surface area (Å²) >= 11 is 0.